The summed E-state index contributed by atoms with van der Waals surface area (Å²) in [6, 6.07) is 9.41. The van der Waals surface area contributed by atoms with Gasteiger partial charge in [-0.2, -0.15) is 12.8 Å². The van der Waals surface area contributed by atoms with Crippen LogP contribution in [0.1, 0.15) is 25.3 Å². The quantitative estimate of drug-likeness (QED) is 0.842. The molecule has 0 bridgehead atoms. The van der Waals surface area contributed by atoms with Gasteiger partial charge in [0.25, 0.3) is 0 Å². The van der Waals surface area contributed by atoms with Crippen LogP contribution in [0.25, 0.3) is 10.9 Å². The largest absolute Gasteiger partial charge is 0.361 e. The summed E-state index contributed by atoms with van der Waals surface area (Å²) in [7, 11) is 0. The van der Waals surface area contributed by atoms with Crippen molar-refractivity contribution >= 4 is 10.9 Å². The van der Waals surface area contributed by atoms with Crippen LogP contribution in [0.2, 0.25) is 0 Å². The number of fused-ring (bicyclic) bond motifs is 1. The number of aromatic amines is 1. The van der Waals surface area contributed by atoms with E-state index in [0.29, 0.717) is 6.04 Å². The third-order valence-electron chi connectivity index (χ3n) is 3.81. The Hall–Kier alpha value is -0.176. The van der Waals surface area contributed by atoms with Gasteiger partial charge in [-0.05, 0) is 30.3 Å². The van der Waals surface area contributed by atoms with E-state index in [2.05, 4.69) is 47.5 Å². The molecule has 1 atom stereocenters. The molecule has 1 unspecified atom stereocenters. The second-order valence-corrected chi connectivity index (χ2v) is 4.99. The maximum atomic E-state index is 3.28. The average molecular weight is 316 g/mol. The first kappa shape index (κ1) is 14.2. The normalized spacial score (nSPS) is 20.8. The van der Waals surface area contributed by atoms with Crippen molar-refractivity contribution in [2.24, 2.45) is 0 Å². The molecule has 2 nitrogen and oxygen atoms in total. The molecule has 1 aromatic carbocycles. The molecule has 1 N–H and O–H groups in total. The molecule has 1 radical (unpaired) electrons. The van der Waals surface area contributed by atoms with Crippen molar-refractivity contribution in [2.75, 3.05) is 6.54 Å². The maximum Gasteiger partial charge on any atom is 0.0457 e. The first-order valence-electron chi connectivity index (χ1n) is 6.45. The van der Waals surface area contributed by atoms with Crippen LogP contribution in [0, 0.1) is 6.42 Å². The van der Waals surface area contributed by atoms with Gasteiger partial charge >= 0.3 is 0 Å². The van der Waals surface area contributed by atoms with Crippen molar-refractivity contribution in [3.63, 3.8) is 0 Å². The van der Waals surface area contributed by atoms with Gasteiger partial charge in [0.15, 0.2) is 0 Å². The number of piperidine rings is 1. The van der Waals surface area contributed by atoms with E-state index in [4.69, 9.17) is 0 Å². The molecular formula is C15H19N2Y-. The number of nitrogens with one attached hydrogen (secondary N) is 1. The molecule has 1 aliphatic heterocycles. The number of hydrogen-bond acceptors (Lipinski definition) is 1. The van der Waals surface area contributed by atoms with Crippen molar-refractivity contribution in [2.45, 2.75) is 32.4 Å². The second kappa shape index (κ2) is 6.32. The Balaban J connectivity index is 0.00000120. The number of rotatable bonds is 2. The third kappa shape index (κ3) is 2.87. The van der Waals surface area contributed by atoms with E-state index in [1.54, 1.807) is 0 Å². The fourth-order valence-electron chi connectivity index (χ4n) is 2.73. The van der Waals surface area contributed by atoms with Crippen LogP contribution in [0.5, 0.6) is 0 Å². The first-order chi connectivity index (χ1) is 8.34. The van der Waals surface area contributed by atoms with Crippen molar-refractivity contribution in [3.05, 3.63) is 42.4 Å². The number of benzene rings is 1. The van der Waals surface area contributed by atoms with Crippen LogP contribution in [0.4, 0.5) is 0 Å². The fourth-order valence-corrected chi connectivity index (χ4v) is 2.73. The summed E-state index contributed by atoms with van der Waals surface area (Å²) in [5.74, 6) is 0. The monoisotopic (exact) mass is 316 g/mol. The summed E-state index contributed by atoms with van der Waals surface area (Å²) in [6.45, 7) is 4.60. The third-order valence-corrected chi connectivity index (χ3v) is 3.81. The van der Waals surface area contributed by atoms with Crippen LogP contribution in [-0.4, -0.2) is 22.5 Å². The molecular weight excluding hydrogens is 297 g/mol. The predicted octanol–water partition coefficient (Wildman–Crippen LogP) is 3.35. The van der Waals surface area contributed by atoms with Crippen LogP contribution in [-0.2, 0) is 39.3 Å². The molecule has 0 amide bonds. The molecule has 3 heteroatoms. The summed E-state index contributed by atoms with van der Waals surface area (Å²) in [6.07, 6.45) is 6.90. The van der Waals surface area contributed by atoms with Gasteiger partial charge in [0.2, 0.25) is 0 Å². The predicted molar refractivity (Wildman–Crippen MR) is 71.7 cm³/mol. The van der Waals surface area contributed by atoms with Crippen LogP contribution >= 0.6 is 0 Å². The Labute approximate surface area is 134 Å². The molecule has 1 aliphatic rings. The molecule has 3 rings (SSSR count). The zero-order chi connectivity index (χ0) is 11.7. The van der Waals surface area contributed by atoms with Crippen LogP contribution < -0.4 is 0 Å². The minimum atomic E-state index is 0. The molecule has 2 aromatic rings. The average Bonchev–Trinajstić information content (AvgIpc) is 2.81. The van der Waals surface area contributed by atoms with Crippen molar-refractivity contribution < 1.29 is 32.7 Å². The fraction of sp³-hybridized carbons (Fsp3) is 0.400. The Morgan fingerprint density at radius 2 is 2.28 bits per heavy atom. The molecule has 0 saturated carbocycles. The number of H-pyrrole nitrogens is 1. The smallest absolute Gasteiger partial charge is 0.0457 e. The number of likely N-dealkylation sites (tertiary alicyclic amines) is 1. The molecule has 93 valence electrons. The van der Waals surface area contributed by atoms with Gasteiger partial charge in [0.05, 0.1) is 0 Å². The van der Waals surface area contributed by atoms with Crippen LogP contribution in [0.3, 0.4) is 0 Å². The maximum absolute atomic E-state index is 3.28. The summed E-state index contributed by atoms with van der Waals surface area (Å²) in [5, 5.41) is 1.37. The minimum absolute atomic E-state index is 0. The van der Waals surface area contributed by atoms with Crippen molar-refractivity contribution in [1.29, 1.82) is 0 Å². The van der Waals surface area contributed by atoms with Gasteiger partial charge in [-0.25, -0.2) is 0 Å². The van der Waals surface area contributed by atoms with Crippen LogP contribution in [0.15, 0.2) is 30.5 Å². The Morgan fingerprint density at radius 1 is 1.39 bits per heavy atom. The molecule has 1 aromatic heterocycles. The Morgan fingerprint density at radius 3 is 3.11 bits per heavy atom. The van der Waals surface area contributed by atoms with E-state index in [1.165, 1.54) is 35.9 Å². The number of hydrogen-bond donors (Lipinski definition) is 1. The molecule has 1 saturated heterocycles. The van der Waals surface area contributed by atoms with Gasteiger partial charge < -0.3 is 16.3 Å². The molecule has 2 heterocycles. The Kier molecular flexibility index (Phi) is 5.00. The van der Waals surface area contributed by atoms with Gasteiger partial charge in [-0.1, -0.05) is 19.1 Å². The minimum Gasteiger partial charge on any atom is -0.361 e. The zero-order valence-corrected chi connectivity index (χ0v) is 13.7. The van der Waals surface area contributed by atoms with E-state index in [-0.39, 0.29) is 32.7 Å². The van der Waals surface area contributed by atoms with Crippen molar-refractivity contribution in [3.8, 4) is 0 Å². The zero-order valence-electron chi connectivity index (χ0n) is 10.9. The summed E-state index contributed by atoms with van der Waals surface area (Å²) in [4.78, 5) is 5.87. The van der Waals surface area contributed by atoms with Gasteiger partial charge in [-0.15, -0.1) is 0 Å². The SMILES string of the molecule is CC1C[CH-]CCN1Cc1cccc2[nH]ccc12.[Y]. The summed E-state index contributed by atoms with van der Waals surface area (Å²) < 4.78 is 0. The van der Waals surface area contributed by atoms with E-state index >= 15 is 0 Å². The summed E-state index contributed by atoms with van der Waals surface area (Å²) in [5.41, 5.74) is 2.69. The first-order valence-corrected chi connectivity index (χ1v) is 6.45. The molecule has 1 fully saturated rings. The van der Waals surface area contributed by atoms with E-state index in [1.807, 2.05) is 6.20 Å². The van der Waals surface area contributed by atoms with Gasteiger partial charge in [0, 0.05) is 56.4 Å². The molecule has 0 spiro atoms. The molecule has 0 aliphatic carbocycles. The standard InChI is InChI=1S/C15H19N2.Y/c1-12-5-2-3-10-17(12)11-13-6-4-7-15-14(13)8-9-16-15;/h2,4,6-9,12,16H,3,5,10-11H2,1H3;/q-1;. The van der Waals surface area contributed by atoms with Gasteiger partial charge in [0.1, 0.15) is 0 Å². The Bertz CT molecular complexity index is 506. The number of nitrogens with zero attached hydrogens (tertiary/aromatic N) is 1. The van der Waals surface area contributed by atoms with E-state index < -0.39 is 0 Å². The summed E-state index contributed by atoms with van der Waals surface area (Å²) >= 11 is 0. The topological polar surface area (TPSA) is 19.0 Å². The van der Waals surface area contributed by atoms with Gasteiger partial charge in [-0.3, -0.25) is 0 Å². The molecule has 18 heavy (non-hydrogen) atoms. The van der Waals surface area contributed by atoms with Crippen molar-refractivity contribution in [1.82, 2.24) is 9.88 Å². The van der Waals surface area contributed by atoms with E-state index in [9.17, 15) is 0 Å². The number of aromatic nitrogens is 1. The second-order valence-electron chi connectivity index (χ2n) is 4.99. The van der Waals surface area contributed by atoms with E-state index in [0.717, 1.165) is 6.54 Å².